The summed E-state index contributed by atoms with van der Waals surface area (Å²) in [6.07, 6.45) is 0.954. The van der Waals surface area contributed by atoms with Gasteiger partial charge >= 0.3 is 0 Å². The lowest BCUT2D eigenvalue weighted by molar-refractivity contribution is 0.256. The van der Waals surface area contributed by atoms with E-state index in [4.69, 9.17) is 16.3 Å². The minimum Gasteiger partial charge on any atom is -0.493 e. The molecule has 84 valence electrons. The van der Waals surface area contributed by atoms with Crippen LogP contribution in [0.1, 0.15) is 20.3 Å². The van der Waals surface area contributed by atoms with Gasteiger partial charge in [-0.15, -0.1) is 0 Å². The summed E-state index contributed by atoms with van der Waals surface area (Å²) in [6, 6.07) is 7.47. The topological polar surface area (TPSA) is 21.3 Å². The van der Waals surface area contributed by atoms with E-state index >= 15 is 0 Å². The SMILES string of the molecule is CNC(C)(C)CCOc1cccc(Cl)c1. The lowest BCUT2D eigenvalue weighted by Crippen LogP contribution is -2.37. The molecule has 0 saturated heterocycles. The average Bonchev–Trinajstić information content (AvgIpc) is 2.18. The number of halogens is 1. The maximum absolute atomic E-state index is 5.85. The highest BCUT2D eigenvalue weighted by Gasteiger charge is 2.13. The normalized spacial score (nSPS) is 11.5. The quantitative estimate of drug-likeness (QED) is 0.835. The molecule has 0 bridgehead atoms. The molecule has 0 aliphatic carbocycles. The van der Waals surface area contributed by atoms with Gasteiger partial charge in [-0.1, -0.05) is 17.7 Å². The summed E-state index contributed by atoms with van der Waals surface area (Å²) < 4.78 is 5.60. The Labute approximate surface area is 96.6 Å². The first-order valence-electron chi connectivity index (χ1n) is 5.11. The van der Waals surface area contributed by atoms with Crippen molar-refractivity contribution < 1.29 is 4.74 Å². The predicted molar refractivity (Wildman–Crippen MR) is 64.7 cm³/mol. The fourth-order valence-corrected chi connectivity index (χ4v) is 1.29. The Bertz CT molecular complexity index is 312. The second-order valence-electron chi connectivity index (χ2n) is 4.19. The van der Waals surface area contributed by atoms with Gasteiger partial charge in [-0.25, -0.2) is 0 Å². The maximum atomic E-state index is 5.85. The summed E-state index contributed by atoms with van der Waals surface area (Å²) >= 11 is 5.85. The third-order valence-corrected chi connectivity index (χ3v) is 2.70. The molecular formula is C12H18ClNO. The van der Waals surface area contributed by atoms with Crippen molar-refractivity contribution in [2.75, 3.05) is 13.7 Å². The third kappa shape index (κ3) is 4.54. The second-order valence-corrected chi connectivity index (χ2v) is 4.63. The van der Waals surface area contributed by atoms with E-state index in [1.807, 2.05) is 31.3 Å². The molecule has 0 atom stereocenters. The molecule has 0 saturated carbocycles. The van der Waals surface area contributed by atoms with Gasteiger partial charge in [0.15, 0.2) is 0 Å². The zero-order chi connectivity index (χ0) is 11.3. The number of benzene rings is 1. The summed E-state index contributed by atoms with van der Waals surface area (Å²) in [4.78, 5) is 0. The third-order valence-electron chi connectivity index (χ3n) is 2.47. The van der Waals surface area contributed by atoms with Crippen molar-refractivity contribution in [1.82, 2.24) is 5.32 Å². The lowest BCUT2D eigenvalue weighted by atomic mass is 10.0. The Morgan fingerprint density at radius 3 is 2.73 bits per heavy atom. The van der Waals surface area contributed by atoms with E-state index in [1.165, 1.54) is 0 Å². The van der Waals surface area contributed by atoms with E-state index < -0.39 is 0 Å². The van der Waals surface area contributed by atoms with Gasteiger partial charge in [0.1, 0.15) is 5.75 Å². The Balaban J connectivity index is 2.38. The van der Waals surface area contributed by atoms with E-state index in [0.717, 1.165) is 12.2 Å². The maximum Gasteiger partial charge on any atom is 0.120 e. The van der Waals surface area contributed by atoms with Gasteiger partial charge in [0.25, 0.3) is 0 Å². The van der Waals surface area contributed by atoms with Gasteiger partial charge in [0.2, 0.25) is 0 Å². The summed E-state index contributed by atoms with van der Waals surface area (Å²) in [6.45, 7) is 4.98. The highest BCUT2D eigenvalue weighted by Crippen LogP contribution is 2.18. The van der Waals surface area contributed by atoms with Crippen molar-refractivity contribution >= 4 is 11.6 Å². The Morgan fingerprint density at radius 1 is 1.40 bits per heavy atom. The summed E-state index contributed by atoms with van der Waals surface area (Å²) in [5.41, 5.74) is 0.110. The number of ether oxygens (including phenoxy) is 1. The minimum atomic E-state index is 0.110. The van der Waals surface area contributed by atoms with Crippen LogP contribution >= 0.6 is 11.6 Å². The second kappa shape index (κ2) is 5.38. The van der Waals surface area contributed by atoms with E-state index in [1.54, 1.807) is 0 Å². The van der Waals surface area contributed by atoms with Crippen molar-refractivity contribution in [3.8, 4) is 5.75 Å². The minimum absolute atomic E-state index is 0.110. The number of nitrogens with one attached hydrogen (secondary N) is 1. The van der Waals surface area contributed by atoms with Crippen molar-refractivity contribution in [2.45, 2.75) is 25.8 Å². The fourth-order valence-electron chi connectivity index (χ4n) is 1.11. The first kappa shape index (κ1) is 12.3. The van der Waals surface area contributed by atoms with Crippen LogP contribution in [0.3, 0.4) is 0 Å². The molecule has 2 nitrogen and oxygen atoms in total. The van der Waals surface area contributed by atoms with Crippen LogP contribution < -0.4 is 10.1 Å². The van der Waals surface area contributed by atoms with E-state index in [2.05, 4.69) is 19.2 Å². The number of rotatable bonds is 5. The summed E-state index contributed by atoms with van der Waals surface area (Å²) in [5.74, 6) is 0.828. The van der Waals surface area contributed by atoms with E-state index in [-0.39, 0.29) is 5.54 Å². The Morgan fingerprint density at radius 2 is 2.13 bits per heavy atom. The first-order chi connectivity index (χ1) is 7.03. The van der Waals surface area contributed by atoms with Crippen molar-refractivity contribution in [3.05, 3.63) is 29.3 Å². The first-order valence-corrected chi connectivity index (χ1v) is 5.48. The fraction of sp³-hybridized carbons (Fsp3) is 0.500. The van der Waals surface area contributed by atoms with Crippen LogP contribution in [0.4, 0.5) is 0 Å². The van der Waals surface area contributed by atoms with Crippen molar-refractivity contribution in [1.29, 1.82) is 0 Å². The molecule has 0 unspecified atom stereocenters. The average molecular weight is 228 g/mol. The summed E-state index contributed by atoms with van der Waals surface area (Å²) in [5, 5.41) is 3.94. The lowest BCUT2D eigenvalue weighted by Gasteiger charge is -2.23. The van der Waals surface area contributed by atoms with Gasteiger partial charge < -0.3 is 10.1 Å². The molecule has 15 heavy (non-hydrogen) atoms. The molecule has 0 heterocycles. The Hall–Kier alpha value is -0.730. The van der Waals surface area contributed by atoms with Gasteiger partial charge in [-0.3, -0.25) is 0 Å². The van der Waals surface area contributed by atoms with Gasteiger partial charge in [0, 0.05) is 10.6 Å². The molecule has 1 N–H and O–H groups in total. The highest BCUT2D eigenvalue weighted by molar-refractivity contribution is 6.30. The molecule has 1 rings (SSSR count). The van der Waals surface area contributed by atoms with Gasteiger partial charge in [-0.2, -0.15) is 0 Å². The number of hydrogen-bond donors (Lipinski definition) is 1. The van der Waals surface area contributed by atoms with Crippen molar-refractivity contribution in [2.24, 2.45) is 0 Å². The van der Waals surface area contributed by atoms with Crippen molar-refractivity contribution in [3.63, 3.8) is 0 Å². The molecule has 0 spiro atoms. The zero-order valence-electron chi connectivity index (χ0n) is 9.51. The number of hydrogen-bond acceptors (Lipinski definition) is 2. The van der Waals surface area contributed by atoms with Crippen LogP contribution in [-0.2, 0) is 0 Å². The van der Waals surface area contributed by atoms with Gasteiger partial charge in [-0.05, 0) is 45.5 Å². The molecular weight excluding hydrogens is 210 g/mol. The highest BCUT2D eigenvalue weighted by atomic mass is 35.5. The monoisotopic (exact) mass is 227 g/mol. The molecule has 0 amide bonds. The van der Waals surface area contributed by atoms with Crippen LogP contribution in [0.2, 0.25) is 5.02 Å². The molecule has 0 radical (unpaired) electrons. The van der Waals surface area contributed by atoms with Crippen LogP contribution in [0, 0.1) is 0 Å². The molecule has 3 heteroatoms. The molecule has 0 aliphatic heterocycles. The summed E-state index contributed by atoms with van der Waals surface area (Å²) in [7, 11) is 1.96. The largest absolute Gasteiger partial charge is 0.493 e. The molecule has 1 aromatic rings. The molecule has 0 aliphatic rings. The van der Waals surface area contributed by atoms with Gasteiger partial charge in [0.05, 0.1) is 6.61 Å². The molecule has 0 fully saturated rings. The van der Waals surface area contributed by atoms with Crippen LogP contribution in [0.5, 0.6) is 5.75 Å². The Kier molecular flexibility index (Phi) is 4.43. The standard InChI is InChI=1S/C12H18ClNO/c1-12(2,14-3)7-8-15-11-6-4-5-10(13)9-11/h4-6,9,14H,7-8H2,1-3H3. The van der Waals surface area contributed by atoms with E-state index in [0.29, 0.717) is 11.6 Å². The molecule has 1 aromatic carbocycles. The van der Waals surface area contributed by atoms with Crippen LogP contribution in [0.25, 0.3) is 0 Å². The van der Waals surface area contributed by atoms with E-state index in [9.17, 15) is 0 Å². The molecule has 0 aromatic heterocycles. The smallest absolute Gasteiger partial charge is 0.120 e. The van der Waals surface area contributed by atoms with Crippen LogP contribution in [0.15, 0.2) is 24.3 Å². The van der Waals surface area contributed by atoms with Crippen LogP contribution in [-0.4, -0.2) is 19.2 Å². The zero-order valence-corrected chi connectivity index (χ0v) is 10.3. The predicted octanol–water partition coefficient (Wildman–Crippen LogP) is 3.11.